The highest BCUT2D eigenvalue weighted by Crippen LogP contribution is 2.40. The van der Waals surface area contributed by atoms with Crippen molar-refractivity contribution < 1.29 is 4.43 Å². The van der Waals surface area contributed by atoms with Crippen molar-refractivity contribution >= 4 is 14.1 Å². The minimum absolute atomic E-state index is 0.0976. The van der Waals surface area contributed by atoms with Gasteiger partial charge in [0.05, 0.1) is 11.6 Å². The molecule has 0 radical (unpaired) electrons. The number of hydrogen-bond acceptors (Lipinski definition) is 2. The maximum Gasteiger partial charge on any atom is 0.250 e. The molecule has 2 aromatic carbocycles. The summed E-state index contributed by atoms with van der Waals surface area (Å²) in [5.41, 5.74) is 2.76. The van der Waals surface area contributed by atoms with Gasteiger partial charge in [-0.05, 0) is 48.3 Å². The zero-order valence-electron chi connectivity index (χ0n) is 15.8. The molecule has 130 valence electrons. The van der Waals surface area contributed by atoms with Gasteiger partial charge >= 0.3 is 0 Å². The number of nitriles is 1. The average molecular weight is 350 g/mol. The molecule has 2 aromatic rings. The molecule has 0 saturated heterocycles. The van der Waals surface area contributed by atoms with E-state index in [1.807, 2.05) is 42.5 Å². The molecule has 0 atom stereocenters. The van der Waals surface area contributed by atoms with Crippen molar-refractivity contribution in [2.24, 2.45) is 0 Å². The Kier molecular flexibility index (Phi) is 5.87. The Labute approximate surface area is 152 Å². The molecule has 0 unspecified atom stereocenters. The lowest BCUT2D eigenvalue weighted by atomic mass is 10.0. The number of rotatable bonds is 5. The summed E-state index contributed by atoms with van der Waals surface area (Å²) in [6, 6.07) is 20.3. The highest BCUT2D eigenvalue weighted by Gasteiger charge is 2.39. The largest absolute Gasteiger partial charge is 0.543 e. The Balaban J connectivity index is 2.43. The van der Waals surface area contributed by atoms with Gasteiger partial charge in [0.2, 0.25) is 8.32 Å². The third kappa shape index (κ3) is 4.84. The summed E-state index contributed by atoms with van der Waals surface area (Å²) >= 11 is 0. The topological polar surface area (TPSA) is 33.0 Å². The predicted molar refractivity (Wildman–Crippen MR) is 108 cm³/mol. The number of benzene rings is 2. The monoisotopic (exact) mass is 349 g/mol. The van der Waals surface area contributed by atoms with E-state index in [0.29, 0.717) is 5.56 Å². The molecule has 0 aliphatic carbocycles. The van der Waals surface area contributed by atoms with Crippen LogP contribution in [-0.2, 0) is 10.8 Å². The van der Waals surface area contributed by atoms with E-state index in [4.69, 9.17) is 4.43 Å². The molecule has 0 N–H and O–H groups in total. The highest BCUT2D eigenvalue weighted by molar-refractivity contribution is 6.74. The predicted octanol–water partition coefficient (Wildman–Crippen LogP) is 6.16. The van der Waals surface area contributed by atoms with Gasteiger partial charge in [0.15, 0.2) is 0 Å². The standard InChI is InChI=1S/C22H27NOSi/c1-22(2,3)25(4,5)24-21(16-15-18-11-7-6-8-12-18)20-14-10-9-13-19(20)17-23/h6-14,16H,15H2,1-5H3/b21-16-. The third-order valence-corrected chi connectivity index (χ3v) is 9.19. The SMILES string of the molecule is CC(C)(C)[Si](C)(C)O/C(=C\Cc1ccccc1)c1ccccc1C#N. The molecule has 0 aliphatic heterocycles. The van der Waals surface area contributed by atoms with Crippen LogP contribution in [0.15, 0.2) is 60.7 Å². The molecule has 25 heavy (non-hydrogen) atoms. The van der Waals surface area contributed by atoms with Gasteiger partial charge < -0.3 is 4.43 Å². The first-order valence-electron chi connectivity index (χ1n) is 8.67. The van der Waals surface area contributed by atoms with Crippen molar-refractivity contribution in [1.29, 1.82) is 5.26 Å². The Morgan fingerprint density at radius 3 is 2.24 bits per heavy atom. The quantitative estimate of drug-likeness (QED) is 0.478. The first-order chi connectivity index (χ1) is 11.7. The van der Waals surface area contributed by atoms with Crippen molar-refractivity contribution in [2.45, 2.75) is 45.3 Å². The van der Waals surface area contributed by atoms with E-state index in [-0.39, 0.29) is 5.04 Å². The molecule has 0 saturated carbocycles. The molecule has 0 aliphatic rings. The van der Waals surface area contributed by atoms with Crippen LogP contribution in [0.3, 0.4) is 0 Å². The van der Waals surface area contributed by atoms with E-state index >= 15 is 0 Å². The molecule has 0 bridgehead atoms. The summed E-state index contributed by atoms with van der Waals surface area (Å²) in [5.74, 6) is 0.826. The van der Waals surface area contributed by atoms with Crippen molar-refractivity contribution in [3.8, 4) is 6.07 Å². The van der Waals surface area contributed by atoms with E-state index in [9.17, 15) is 5.26 Å². The molecular formula is C22H27NOSi. The van der Waals surface area contributed by atoms with Gasteiger partial charge in [0.1, 0.15) is 5.76 Å². The van der Waals surface area contributed by atoms with E-state index in [2.05, 4.69) is 58.1 Å². The van der Waals surface area contributed by atoms with Gasteiger partial charge in [0.25, 0.3) is 0 Å². The minimum Gasteiger partial charge on any atom is -0.543 e. The average Bonchev–Trinajstić information content (AvgIpc) is 2.58. The number of hydrogen-bond donors (Lipinski definition) is 0. The summed E-state index contributed by atoms with van der Waals surface area (Å²) < 4.78 is 6.60. The van der Waals surface area contributed by atoms with Crippen molar-refractivity contribution in [1.82, 2.24) is 0 Å². The number of nitrogens with zero attached hydrogens (tertiary/aromatic N) is 1. The van der Waals surface area contributed by atoms with E-state index in [0.717, 1.165) is 17.7 Å². The summed E-state index contributed by atoms with van der Waals surface area (Å²) in [7, 11) is -2.00. The van der Waals surface area contributed by atoms with E-state index in [1.54, 1.807) is 0 Å². The van der Waals surface area contributed by atoms with Gasteiger partial charge in [-0.15, -0.1) is 0 Å². The van der Waals surface area contributed by atoms with Crippen molar-refractivity contribution in [3.63, 3.8) is 0 Å². The summed E-state index contributed by atoms with van der Waals surface area (Å²) in [6.45, 7) is 11.1. The van der Waals surface area contributed by atoms with Crippen LogP contribution in [-0.4, -0.2) is 8.32 Å². The molecular weight excluding hydrogens is 322 g/mol. The first kappa shape index (κ1) is 19.0. The lowest BCUT2D eigenvalue weighted by molar-refractivity contribution is 0.456. The van der Waals surface area contributed by atoms with Crippen LogP contribution < -0.4 is 0 Å². The summed E-state index contributed by atoms with van der Waals surface area (Å²) in [5, 5.41) is 9.59. The molecule has 2 rings (SSSR count). The Hall–Kier alpha value is -2.31. The second-order valence-corrected chi connectivity index (χ2v) is 12.5. The molecule has 0 heterocycles. The Morgan fingerprint density at radius 2 is 1.64 bits per heavy atom. The van der Waals surface area contributed by atoms with Crippen LogP contribution >= 0.6 is 0 Å². The Morgan fingerprint density at radius 1 is 1.04 bits per heavy atom. The molecule has 3 heteroatoms. The summed E-state index contributed by atoms with van der Waals surface area (Å²) in [6.07, 6.45) is 2.90. The van der Waals surface area contributed by atoms with E-state index < -0.39 is 8.32 Å². The van der Waals surface area contributed by atoms with Crippen LogP contribution in [0, 0.1) is 11.3 Å². The third-order valence-electron chi connectivity index (χ3n) is 4.85. The maximum absolute atomic E-state index is 9.49. The molecule has 2 nitrogen and oxygen atoms in total. The van der Waals surface area contributed by atoms with Gasteiger partial charge in [-0.1, -0.05) is 63.2 Å². The van der Waals surface area contributed by atoms with Crippen LogP contribution in [0.1, 0.15) is 37.5 Å². The molecule has 0 fully saturated rings. The fraction of sp³-hybridized carbons (Fsp3) is 0.318. The van der Waals surface area contributed by atoms with Gasteiger partial charge in [-0.3, -0.25) is 0 Å². The summed E-state index contributed by atoms with van der Waals surface area (Å²) in [4.78, 5) is 0. The fourth-order valence-corrected chi connectivity index (χ4v) is 3.30. The first-order valence-corrected chi connectivity index (χ1v) is 11.6. The van der Waals surface area contributed by atoms with Crippen LogP contribution in [0.5, 0.6) is 0 Å². The second-order valence-electron chi connectivity index (χ2n) is 7.78. The zero-order valence-corrected chi connectivity index (χ0v) is 16.8. The van der Waals surface area contributed by atoms with Crippen molar-refractivity contribution in [2.75, 3.05) is 0 Å². The molecule has 0 aromatic heterocycles. The highest BCUT2D eigenvalue weighted by atomic mass is 28.4. The van der Waals surface area contributed by atoms with Gasteiger partial charge in [0, 0.05) is 5.56 Å². The lowest BCUT2D eigenvalue weighted by Gasteiger charge is -2.37. The van der Waals surface area contributed by atoms with Crippen LogP contribution in [0.25, 0.3) is 5.76 Å². The molecule has 0 amide bonds. The van der Waals surface area contributed by atoms with Crippen LogP contribution in [0.2, 0.25) is 18.1 Å². The minimum atomic E-state index is -2.00. The Bertz CT molecular complexity index is 780. The van der Waals surface area contributed by atoms with E-state index in [1.165, 1.54) is 5.56 Å². The lowest BCUT2D eigenvalue weighted by Crippen LogP contribution is -2.40. The van der Waals surface area contributed by atoms with Gasteiger partial charge in [-0.25, -0.2) is 0 Å². The second kappa shape index (κ2) is 7.71. The smallest absolute Gasteiger partial charge is 0.250 e. The number of allylic oxidation sites excluding steroid dienone is 1. The maximum atomic E-state index is 9.49. The normalized spacial score (nSPS) is 12.6. The van der Waals surface area contributed by atoms with Crippen molar-refractivity contribution in [3.05, 3.63) is 77.4 Å². The van der Waals surface area contributed by atoms with Gasteiger partial charge in [-0.2, -0.15) is 5.26 Å². The van der Waals surface area contributed by atoms with Crippen LogP contribution in [0.4, 0.5) is 0 Å². The zero-order chi connectivity index (χ0) is 18.5. The molecule has 0 spiro atoms. The fourth-order valence-electron chi connectivity index (χ4n) is 2.25.